The minimum Gasteiger partial charge on any atom is -0.386 e. The number of nitrogens with one attached hydrogen (secondary N) is 2. The Balaban J connectivity index is 1.50. The van der Waals surface area contributed by atoms with E-state index in [1.54, 1.807) is 6.08 Å². The summed E-state index contributed by atoms with van der Waals surface area (Å²) in [5.74, 6) is -0.911. The quantitative estimate of drug-likeness (QED) is 0.0448. The molecule has 0 spiro atoms. The molecule has 10 N–H and O–H groups in total. The molecule has 28 heteroatoms. The van der Waals surface area contributed by atoms with Crippen LogP contribution >= 0.6 is 35.2 Å². The van der Waals surface area contributed by atoms with E-state index in [4.69, 9.17) is 19.5 Å². The number of aliphatic hydroxyl groups excluding tert-OH is 2. The number of hydrogen-bond acceptors (Lipinski definition) is 18. The van der Waals surface area contributed by atoms with Crippen LogP contribution in [0.1, 0.15) is 40.3 Å². The molecule has 1 saturated heterocycles. The number of thioether (sulfide) groups is 1. The van der Waals surface area contributed by atoms with Crippen LogP contribution < -0.4 is 16.4 Å². The zero-order valence-electron chi connectivity index (χ0n) is 29.8. The number of phosphoric acid groups is 3. The van der Waals surface area contributed by atoms with Gasteiger partial charge in [-0.25, -0.2) is 28.6 Å². The molecule has 0 aliphatic carbocycles. The fraction of sp³-hybridized carbons (Fsp3) is 0.630. The summed E-state index contributed by atoms with van der Waals surface area (Å²) in [4.78, 5) is 87.2. The van der Waals surface area contributed by atoms with Gasteiger partial charge < -0.3 is 50.9 Å². The first-order valence-electron chi connectivity index (χ1n) is 16.2. The molecular formula is C27H44N7O17P3S. The van der Waals surface area contributed by atoms with E-state index in [-0.39, 0.29) is 47.5 Å². The van der Waals surface area contributed by atoms with Crippen molar-refractivity contribution in [2.45, 2.75) is 64.8 Å². The van der Waals surface area contributed by atoms with Crippen LogP contribution in [0.2, 0.25) is 0 Å². The maximum Gasteiger partial charge on any atom is 0.481 e. The lowest BCUT2D eigenvalue weighted by atomic mass is 9.87. The lowest BCUT2D eigenvalue weighted by Gasteiger charge is -2.30. The van der Waals surface area contributed by atoms with E-state index in [0.29, 0.717) is 5.75 Å². The number of ether oxygens (including phenoxy) is 1. The number of nitrogen functional groups attached to an aromatic ring is 1. The zero-order chi connectivity index (χ0) is 41.4. The number of allylic oxidation sites excluding steroid dienone is 1. The summed E-state index contributed by atoms with van der Waals surface area (Å²) in [5.41, 5.74) is 4.26. The van der Waals surface area contributed by atoms with Crippen LogP contribution in [0.4, 0.5) is 5.82 Å². The highest BCUT2D eigenvalue weighted by Crippen LogP contribution is 2.61. The van der Waals surface area contributed by atoms with Crippen LogP contribution in [-0.2, 0) is 50.7 Å². The minimum absolute atomic E-state index is 0.0301. The third kappa shape index (κ3) is 14.6. The van der Waals surface area contributed by atoms with Gasteiger partial charge in [0.1, 0.15) is 36.3 Å². The number of amides is 2. The van der Waals surface area contributed by atoms with E-state index >= 15 is 0 Å². The highest BCUT2D eigenvalue weighted by molar-refractivity contribution is 8.14. The van der Waals surface area contributed by atoms with Crippen LogP contribution in [0, 0.1) is 11.3 Å². The Kier molecular flexibility index (Phi) is 16.7. The van der Waals surface area contributed by atoms with Gasteiger partial charge in [0.05, 0.1) is 19.5 Å². The van der Waals surface area contributed by atoms with Crippen molar-refractivity contribution in [2.24, 2.45) is 11.3 Å². The first-order chi connectivity index (χ1) is 25.4. The van der Waals surface area contributed by atoms with Crippen molar-refractivity contribution in [2.75, 3.05) is 37.8 Å². The number of aromatic nitrogens is 4. The number of anilines is 1. The summed E-state index contributed by atoms with van der Waals surface area (Å²) in [6, 6.07) is 0. The number of carbonyl (C=O) groups excluding carboxylic acids is 3. The number of aliphatic hydroxyl groups is 2. The van der Waals surface area contributed by atoms with Crippen LogP contribution in [0.25, 0.3) is 11.2 Å². The average Bonchev–Trinajstić information content (AvgIpc) is 3.63. The number of imidazole rings is 1. The number of carbonyl (C=O) groups is 3. The Hall–Kier alpha value is -2.70. The molecule has 55 heavy (non-hydrogen) atoms. The van der Waals surface area contributed by atoms with Gasteiger partial charge in [-0.1, -0.05) is 45.5 Å². The summed E-state index contributed by atoms with van der Waals surface area (Å²) < 4.78 is 62.0. The second-order valence-corrected chi connectivity index (χ2v) is 18.2. The van der Waals surface area contributed by atoms with Gasteiger partial charge in [0.2, 0.25) is 16.9 Å². The molecule has 3 rings (SSSR count). The molecule has 0 bridgehead atoms. The second-order valence-electron chi connectivity index (χ2n) is 12.8. The number of phosphoric ester groups is 3. The van der Waals surface area contributed by atoms with Crippen LogP contribution in [0.5, 0.6) is 0 Å². The normalized spacial score (nSPS) is 22.1. The fourth-order valence-corrected chi connectivity index (χ4v) is 8.01. The van der Waals surface area contributed by atoms with Gasteiger partial charge in [-0.2, -0.15) is 4.31 Å². The SMILES string of the molecule is CC(C)C=CC(=O)SCCNC(=O)CCNC(=O)[C@H](O)C(C)(C)COP(=O)(O)OP(=O)(O)OC[C@H]1O[C@@H](n2cnc3c(N)ncnc32)[C@H](O)[C@@H]1OP(=O)(O)O. The van der Waals surface area contributed by atoms with Gasteiger partial charge in [0.25, 0.3) is 0 Å². The number of hydrogen-bond donors (Lipinski definition) is 9. The van der Waals surface area contributed by atoms with Gasteiger partial charge in [-0.15, -0.1) is 0 Å². The van der Waals surface area contributed by atoms with Crippen molar-refractivity contribution in [3.63, 3.8) is 0 Å². The summed E-state index contributed by atoms with van der Waals surface area (Å²) in [7, 11) is -16.4. The van der Waals surface area contributed by atoms with E-state index in [9.17, 15) is 57.9 Å². The Morgan fingerprint density at radius 1 is 1.07 bits per heavy atom. The van der Waals surface area contributed by atoms with Crippen molar-refractivity contribution >= 4 is 69.1 Å². The zero-order valence-corrected chi connectivity index (χ0v) is 33.3. The van der Waals surface area contributed by atoms with Gasteiger partial charge in [0, 0.05) is 30.7 Å². The fourth-order valence-electron chi connectivity index (χ4n) is 4.60. The third-order valence-electron chi connectivity index (χ3n) is 7.36. The smallest absolute Gasteiger partial charge is 0.386 e. The van der Waals surface area contributed by atoms with E-state index < -0.39 is 84.6 Å². The van der Waals surface area contributed by atoms with Crippen LogP contribution in [0.15, 0.2) is 24.8 Å². The Bertz CT molecular complexity index is 1840. The number of rotatable bonds is 21. The summed E-state index contributed by atoms with van der Waals surface area (Å²) in [6.07, 6.45) is -3.70. The lowest BCUT2D eigenvalue weighted by Crippen LogP contribution is -2.46. The highest BCUT2D eigenvalue weighted by Gasteiger charge is 2.50. The van der Waals surface area contributed by atoms with E-state index in [2.05, 4.69) is 34.4 Å². The van der Waals surface area contributed by atoms with Crippen molar-refractivity contribution < 1.29 is 80.5 Å². The molecule has 0 saturated carbocycles. The van der Waals surface area contributed by atoms with Crippen molar-refractivity contribution in [1.82, 2.24) is 30.2 Å². The molecule has 2 amide bonds. The van der Waals surface area contributed by atoms with Crippen molar-refractivity contribution in [3.8, 4) is 0 Å². The molecule has 2 unspecified atom stereocenters. The molecule has 0 radical (unpaired) electrons. The lowest BCUT2D eigenvalue weighted by molar-refractivity contribution is -0.137. The first kappa shape index (κ1) is 46.7. The first-order valence-corrected chi connectivity index (χ1v) is 21.7. The summed E-state index contributed by atoms with van der Waals surface area (Å²) >= 11 is 1.03. The minimum atomic E-state index is -5.57. The Morgan fingerprint density at radius 3 is 2.40 bits per heavy atom. The van der Waals surface area contributed by atoms with Gasteiger partial charge in [0.15, 0.2) is 17.7 Å². The van der Waals surface area contributed by atoms with Gasteiger partial charge in [-0.3, -0.25) is 32.5 Å². The molecular weight excluding hydrogens is 819 g/mol. The maximum atomic E-state index is 12.7. The van der Waals surface area contributed by atoms with Gasteiger partial charge >= 0.3 is 23.5 Å². The predicted molar refractivity (Wildman–Crippen MR) is 191 cm³/mol. The average molecular weight is 864 g/mol. The van der Waals surface area contributed by atoms with E-state index in [1.165, 1.54) is 19.9 Å². The highest BCUT2D eigenvalue weighted by atomic mass is 32.2. The number of fused-ring (bicyclic) bond motifs is 1. The standard InChI is InChI=1S/C27H44N7O17P3S/c1-15(2)5-6-18(36)55-10-9-29-17(35)7-8-30-25(39)22(38)27(3,4)12-48-54(45,46)51-53(43,44)47-11-16-21(50-52(40,41)42)20(37)26(49-16)34-14-33-19-23(28)31-13-32-24(19)34/h5-6,13-16,20-22,26,37-38H,7-12H2,1-4H3,(H,29,35)(H,30,39)(H,43,44)(H,45,46)(H2,28,31,32)(H2,40,41,42)/t16-,20-,21-,22+,26-/m1/s1. The summed E-state index contributed by atoms with van der Waals surface area (Å²) in [5, 5.41) is 26.2. The molecule has 7 atom stereocenters. The largest absolute Gasteiger partial charge is 0.481 e. The summed E-state index contributed by atoms with van der Waals surface area (Å²) in [6.45, 7) is 4.33. The molecule has 2 aromatic heterocycles. The number of nitrogens with zero attached hydrogens (tertiary/aromatic N) is 4. The third-order valence-corrected chi connectivity index (χ3v) is 11.3. The topological polar surface area (TPSA) is 364 Å². The second kappa shape index (κ2) is 19.6. The number of nitrogens with two attached hydrogens (primary N) is 1. The van der Waals surface area contributed by atoms with E-state index in [1.807, 2.05) is 13.8 Å². The van der Waals surface area contributed by atoms with Crippen molar-refractivity contribution in [1.29, 1.82) is 0 Å². The Labute approximate surface area is 318 Å². The molecule has 3 heterocycles. The molecule has 1 aliphatic heterocycles. The maximum absolute atomic E-state index is 12.7. The molecule has 0 aromatic carbocycles. The molecule has 1 fully saturated rings. The monoisotopic (exact) mass is 863 g/mol. The van der Waals surface area contributed by atoms with Crippen molar-refractivity contribution in [3.05, 3.63) is 24.8 Å². The molecule has 2 aromatic rings. The molecule has 24 nitrogen and oxygen atoms in total. The predicted octanol–water partition coefficient (Wildman–Crippen LogP) is -0.123. The Morgan fingerprint density at radius 2 is 1.75 bits per heavy atom. The van der Waals surface area contributed by atoms with Gasteiger partial charge in [-0.05, 0) is 12.0 Å². The van der Waals surface area contributed by atoms with Crippen LogP contribution in [-0.4, -0.2) is 123 Å². The molecule has 1 aliphatic rings. The van der Waals surface area contributed by atoms with E-state index in [0.717, 1.165) is 29.0 Å². The van der Waals surface area contributed by atoms with Crippen LogP contribution in [0.3, 0.4) is 0 Å². The molecule has 310 valence electrons.